The number of nitrogens with zero attached hydrogens (tertiary/aromatic N) is 2. The maximum Gasteiger partial charge on any atom is 0.257 e. The van der Waals surface area contributed by atoms with Crippen LogP contribution < -0.4 is 5.32 Å². The van der Waals surface area contributed by atoms with Crippen molar-refractivity contribution in [2.75, 3.05) is 5.32 Å². The van der Waals surface area contributed by atoms with E-state index in [0.717, 1.165) is 24.8 Å². The van der Waals surface area contributed by atoms with E-state index in [1.807, 2.05) is 18.2 Å². The molecule has 1 aliphatic rings. The summed E-state index contributed by atoms with van der Waals surface area (Å²) in [5.41, 5.74) is 2.08. The molecule has 27 heavy (non-hydrogen) atoms. The standard InChI is InChI=1S/C20H16F3N3O/c21-15-10-13(11-16(22)19(15)23)20(27)25-18-8-9-24-26(18)17-7-3-5-12-4-1-2-6-14(12)17/h1-2,4,6,8-11,17H,3,5,7H2,(H,25,27). The van der Waals surface area contributed by atoms with Crippen LogP contribution >= 0.6 is 0 Å². The van der Waals surface area contributed by atoms with Crippen LogP contribution in [0.5, 0.6) is 0 Å². The molecule has 138 valence electrons. The van der Waals surface area contributed by atoms with E-state index < -0.39 is 23.4 Å². The zero-order valence-corrected chi connectivity index (χ0v) is 14.3. The molecule has 0 spiro atoms. The highest BCUT2D eigenvalue weighted by molar-refractivity contribution is 6.03. The molecule has 1 heterocycles. The molecule has 1 N–H and O–H groups in total. The monoisotopic (exact) mass is 371 g/mol. The summed E-state index contributed by atoms with van der Waals surface area (Å²) in [6.07, 6.45) is 4.40. The molecular formula is C20H16F3N3O. The maximum absolute atomic E-state index is 13.4. The van der Waals surface area contributed by atoms with Gasteiger partial charge in [-0.25, -0.2) is 17.9 Å². The van der Waals surface area contributed by atoms with Gasteiger partial charge in [-0.2, -0.15) is 5.10 Å². The molecule has 4 rings (SSSR count). The van der Waals surface area contributed by atoms with Crippen molar-refractivity contribution in [2.24, 2.45) is 0 Å². The van der Waals surface area contributed by atoms with Gasteiger partial charge < -0.3 is 5.32 Å². The largest absolute Gasteiger partial charge is 0.307 e. The van der Waals surface area contributed by atoms with Crippen LogP contribution in [0.4, 0.5) is 19.0 Å². The Kier molecular flexibility index (Phi) is 4.43. The van der Waals surface area contributed by atoms with E-state index in [1.165, 1.54) is 5.56 Å². The third-order valence-electron chi connectivity index (χ3n) is 4.79. The Bertz CT molecular complexity index is 992. The zero-order chi connectivity index (χ0) is 19.0. The molecule has 0 saturated carbocycles. The minimum absolute atomic E-state index is 0.0399. The van der Waals surface area contributed by atoms with Crippen LogP contribution in [0.3, 0.4) is 0 Å². The highest BCUT2D eigenvalue weighted by atomic mass is 19.2. The quantitative estimate of drug-likeness (QED) is 0.690. The van der Waals surface area contributed by atoms with Gasteiger partial charge in [0.05, 0.1) is 12.2 Å². The molecule has 1 unspecified atom stereocenters. The van der Waals surface area contributed by atoms with Gasteiger partial charge >= 0.3 is 0 Å². The average molecular weight is 371 g/mol. The first-order valence-electron chi connectivity index (χ1n) is 8.62. The van der Waals surface area contributed by atoms with Crippen LogP contribution in [0.2, 0.25) is 0 Å². The Hall–Kier alpha value is -3.09. The molecule has 1 aliphatic carbocycles. The van der Waals surface area contributed by atoms with Crippen molar-refractivity contribution in [3.63, 3.8) is 0 Å². The van der Waals surface area contributed by atoms with Gasteiger partial charge in [0.25, 0.3) is 5.91 Å². The lowest BCUT2D eigenvalue weighted by molar-refractivity contribution is 0.102. The summed E-state index contributed by atoms with van der Waals surface area (Å²) < 4.78 is 41.6. The maximum atomic E-state index is 13.4. The Labute approximate surface area is 153 Å². The van der Waals surface area contributed by atoms with Gasteiger partial charge in [-0.15, -0.1) is 0 Å². The number of halogens is 3. The number of anilines is 1. The van der Waals surface area contributed by atoms with Crippen LogP contribution in [-0.2, 0) is 6.42 Å². The van der Waals surface area contributed by atoms with E-state index in [4.69, 9.17) is 0 Å². The molecule has 0 radical (unpaired) electrons. The fourth-order valence-corrected chi connectivity index (χ4v) is 3.52. The Morgan fingerprint density at radius 1 is 1.11 bits per heavy atom. The first kappa shape index (κ1) is 17.3. The molecule has 3 aromatic rings. The van der Waals surface area contributed by atoms with Gasteiger partial charge in [-0.3, -0.25) is 4.79 Å². The summed E-state index contributed by atoms with van der Waals surface area (Å²) in [4.78, 5) is 12.4. The second kappa shape index (κ2) is 6.90. The molecular weight excluding hydrogens is 355 g/mol. The number of nitrogens with one attached hydrogen (secondary N) is 1. The van der Waals surface area contributed by atoms with E-state index in [0.29, 0.717) is 18.0 Å². The smallest absolute Gasteiger partial charge is 0.257 e. The van der Waals surface area contributed by atoms with Crippen LogP contribution in [-0.4, -0.2) is 15.7 Å². The van der Waals surface area contributed by atoms with Crippen molar-refractivity contribution in [3.8, 4) is 0 Å². The van der Waals surface area contributed by atoms with Gasteiger partial charge in [0, 0.05) is 11.6 Å². The van der Waals surface area contributed by atoms with E-state index in [-0.39, 0.29) is 11.6 Å². The highest BCUT2D eigenvalue weighted by Gasteiger charge is 2.24. The van der Waals surface area contributed by atoms with Crippen molar-refractivity contribution in [1.29, 1.82) is 0 Å². The van der Waals surface area contributed by atoms with E-state index in [1.54, 1.807) is 16.9 Å². The number of amides is 1. The van der Waals surface area contributed by atoms with Crippen molar-refractivity contribution in [3.05, 3.63) is 82.8 Å². The van der Waals surface area contributed by atoms with Crippen molar-refractivity contribution >= 4 is 11.7 Å². The van der Waals surface area contributed by atoms with E-state index in [2.05, 4.69) is 16.5 Å². The van der Waals surface area contributed by atoms with Crippen LogP contribution in [0.1, 0.15) is 40.4 Å². The SMILES string of the molecule is O=C(Nc1ccnn1C1CCCc2ccccc21)c1cc(F)c(F)c(F)c1. The predicted molar refractivity (Wildman–Crippen MR) is 94.0 cm³/mol. The summed E-state index contributed by atoms with van der Waals surface area (Å²) in [5.74, 6) is -4.74. The number of carbonyl (C=O) groups excluding carboxylic acids is 1. The number of benzene rings is 2. The summed E-state index contributed by atoms with van der Waals surface area (Å²) in [7, 11) is 0. The zero-order valence-electron chi connectivity index (χ0n) is 14.3. The van der Waals surface area contributed by atoms with Crippen molar-refractivity contribution < 1.29 is 18.0 Å². The number of hydrogen-bond donors (Lipinski definition) is 1. The molecule has 0 fully saturated rings. The number of aryl methyl sites for hydroxylation is 1. The molecule has 0 aliphatic heterocycles. The van der Waals surface area contributed by atoms with E-state index in [9.17, 15) is 18.0 Å². The van der Waals surface area contributed by atoms with Gasteiger partial charge in [0.2, 0.25) is 0 Å². The van der Waals surface area contributed by atoms with Crippen LogP contribution in [0.15, 0.2) is 48.7 Å². The summed E-state index contributed by atoms with van der Waals surface area (Å²) in [5, 5.41) is 6.94. The number of fused-ring (bicyclic) bond motifs is 1. The molecule has 7 heteroatoms. The molecule has 1 aromatic heterocycles. The number of rotatable bonds is 3. The van der Waals surface area contributed by atoms with Crippen molar-refractivity contribution in [2.45, 2.75) is 25.3 Å². The summed E-state index contributed by atoms with van der Waals surface area (Å²) in [6, 6.07) is 11.0. The summed E-state index contributed by atoms with van der Waals surface area (Å²) in [6.45, 7) is 0. The summed E-state index contributed by atoms with van der Waals surface area (Å²) >= 11 is 0. The lowest BCUT2D eigenvalue weighted by Gasteiger charge is -2.27. The average Bonchev–Trinajstić information content (AvgIpc) is 3.13. The number of hydrogen-bond acceptors (Lipinski definition) is 2. The molecule has 2 aromatic carbocycles. The van der Waals surface area contributed by atoms with Crippen LogP contribution in [0.25, 0.3) is 0 Å². The van der Waals surface area contributed by atoms with Crippen LogP contribution in [0, 0.1) is 17.5 Å². The Balaban J connectivity index is 1.63. The molecule has 1 amide bonds. The van der Waals surface area contributed by atoms with Gasteiger partial charge in [-0.1, -0.05) is 24.3 Å². The third-order valence-corrected chi connectivity index (χ3v) is 4.79. The predicted octanol–water partition coefficient (Wildman–Crippen LogP) is 4.48. The Morgan fingerprint density at radius 3 is 2.63 bits per heavy atom. The fourth-order valence-electron chi connectivity index (χ4n) is 3.52. The van der Waals surface area contributed by atoms with Gasteiger partial charge in [-0.05, 0) is 42.5 Å². The molecule has 1 atom stereocenters. The second-order valence-electron chi connectivity index (χ2n) is 6.48. The molecule has 0 bridgehead atoms. The lowest BCUT2D eigenvalue weighted by Crippen LogP contribution is -2.22. The molecule has 0 saturated heterocycles. The fraction of sp³-hybridized carbons (Fsp3) is 0.200. The second-order valence-corrected chi connectivity index (χ2v) is 6.48. The minimum atomic E-state index is -1.60. The molecule has 4 nitrogen and oxygen atoms in total. The first-order valence-corrected chi connectivity index (χ1v) is 8.62. The van der Waals surface area contributed by atoms with Gasteiger partial charge in [0.1, 0.15) is 5.82 Å². The van der Waals surface area contributed by atoms with Gasteiger partial charge in [0.15, 0.2) is 17.5 Å². The first-order chi connectivity index (χ1) is 13.0. The van der Waals surface area contributed by atoms with Crippen molar-refractivity contribution in [1.82, 2.24) is 9.78 Å². The minimum Gasteiger partial charge on any atom is -0.307 e. The number of aromatic nitrogens is 2. The topological polar surface area (TPSA) is 46.9 Å². The normalized spacial score (nSPS) is 16.0. The van der Waals surface area contributed by atoms with E-state index >= 15 is 0 Å². The third kappa shape index (κ3) is 3.20. The highest BCUT2D eigenvalue weighted by Crippen LogP contribution is 2.34. The lowest BCUT2D eigenvalue weighted by atomic mass is 9.88. The Morgan fingerprint density at radius 2 is 1.85 bits per heavy atom. The number of carbonyl (C=O) groups is 1.